The van der Waals surface area contributed by atoms with Gasteiger partial charge >= 0.3 is 0 Å². The second kappa shape index (κ2) is 7.34. The molecule has 2 unspecified atom stereocenters. The minimum Gasteiger partial charge on any atom is -0.387 e. The Morgan fingerprint density at radius 3 is 2.62 bits per heavy atom. The molecule has 0 aliphatic carbocycles. The molecule has 1 aromatic heterocycles. The minimum absolute atomic E-state index is 0.0345. The number of pyridine rings is 1. The molecule has 21 heavy (non-hydrogen) atoms. The molecule has 1 heterocycles. The summed E-state index contributed by atoms with van der Waals surface area (Å²) in [7, 11) is 0. The Morgan fingerprint density at radius 1 is 1.19 bits per heavy atom. The maximum Gasteiger partial charge on any atom is 0.0943 e. The third-order valence-corrected chi connectivity index (χ3v) is 3.98. The molecule has 2 atom stereocenters. The van der Waals surface area contributed by atoms with E-state index in [0.29, 0.717) is 6.54 Å². The van der Waals surface area contributed by atoms with Gasteiger partial charge in [-0.1, -0.05) is 31.2 Å². The van der Waals surface area contributed by atoms with Crippen molar-refractivity contribution in [1.29, 1.82) is 0 Å². The predicted molar refractivity (Wildman–Crippen MR) is 86.0 cm³/mol. The zero-order valence-corrected chi connectivity index (χ0v) is 13.0. The van der Waals surface area contributed by atoms with E-state index in [0.717, 1.165) is 17.5 Å². The normalized spacial score (nSPS) is 13.9. The molecule has 0 amide bonds. The van der Waals surface area contributed by atoms with Crippen molar-refractivity contribution in [2.24, 2.45) is 0 Å². The van der Waals surface area contributed by atoms with Crippen molar-refractivity contribution in [3.05, 3.63) is 65.0 Å². The second-order valence-electron chi connectivity index (χ2n) is 5.55. The Morgan fingerprint density at radius 2 is 2.00 bits per heavy atom. The van der Waals surface area contributed by atoms with Gasteiger partial charge in [-0.15, -0.1) is 0 Å². The highest BCUT2D eigenvalue weighted by Crippen LogP contribution is 2.21. The summed E-state index contributed by atoms with van der Waals surface area (Å²) in [5.41, 5.74) is 4.57. The Kier molecular flexibility index (Phi) is 5.48. The number of nitrogens with one attached hydrogen (secondary N) is 1. The summed E-state index contributed by atoms with van der Waals surface area (Å²) in [6.45, 7) is 6.97. The van der Waals surface area contributed by atoms with Crippen LogP contribution in [0.2, 0.25) is 0 Å². The van der Waals surface area contributed by atoms with E-state index in [1.54, 1.807) is 6.20 Å². The molecule has 0 bridgehead atoms. The van der Waals surface area contributed by atoms with Crippen molar-refractivity contribution in [1.82, 2.24) is 10.3 Å². The van der Waals surface area contributed by atoms with Crippen LogP contribution in [0.25, 0.3) is 0 Å². The van der Waals surface area contributed by atoms with E-state index in [1.807, 2.05) is 24.4 Å². The van der Waals surface area contributed by atoms with E-state index in [-0.39, 0.29) is 6.04 Å². The lowest BCUT2D eigenvalue weighted by Gasteiger charge is -2.24. The van der Waals surface area contributed by atoms with Gasteiger partial charge in [0.1, 0.15) is 0 Å². The molecular formula is C18H24N2O. The van der Waals surface area contributed by atoms with Crippen molar-refractivity contribution >= 4 is 0 Å². The summed E-state index contributed by atoms with van der Waals surface area (Å²) in [4.78, 5) is 4.11. The summed E-state index contributed by atoms with van der Waals surface area (Å²) in [5.74, 6) is 0. The van der Waals surface area contributed by atoms with Crippen molar-refractivity contribution < 1.29 is 5.11 Å². The Bertz CT molecular complexity index is 569. The number of aliphatic hydroxyl groups is 1. The van der Waals surface area contributed by atoms with E-state index < -0.39 is 6.10 Å². The number of rotatable bonds is 6. The van der Waals surface area contributed by atoms with Crippen LogP contribution in [0.4, 0.5) is 0 Å². The SMILES string of the molecule is CCC(NCc1cccnc1)C(O)c1ccc(C)c(C)c1. The first kappa shape index (κ1) is 15.7. The quantitative estimate of drug-likeness (QED) is 0.855. The maximum absolute atomic E-state index is 10.6. The molecule has 3 heteroatoms. The van der Waals surface area contributed by atoms with Crippen LogP contribution in [-0.2, 0) is 6.54 Å². The van der Waals surface area contributed by atoms with E-state index in [4.69, 9.17) is 0 Å². The van der Waals surface area contributed by atoms with Gasteiger partial charge in [-0.3, -0.25) is 4.98 Å². The van der Waals surface area contributed by atoms with Gasteiger partial charge in [0.25, 0.3) is 0 Å². The Balaban J connectivity index is 2.04. The zero-order chi connectivity index (χ0) is 15.2. The van der Waals surface area contributed by atoms with E-state index in [9.17, 15) is 5.11 Å². The van der Waals surface area contributed by atoms with E-state index >= 15 is 0 Å². The number of aromatic nitrogens is 1. The molecule has 2 aromatic rings. The molecule has 0 aliphatic rings. The molecule has 0 aliphatic heterocycles. The molecule has 0 saturated carbocycles. The van der Waals surface area contributed by atoms with Crippen LogP contribution in [0.15, 0.2) is 42.7 Å². The van der Waals surface area contributed by atoms with Crippen LogP contribution in [0, 0.1) is 13.8 Å². The van der Waals surface area contributed by atoms with Crippen LogP contribution in [0.1, 0.15) is 41.7 Å². The summed E-state index contributed by atoms with van der Waals surface area (Å²) >= 11 is 0. The first-order valence-electron chi connectivity index (χ1n) is 7.49. The van der Waals surface area contributed by atoms with Gasteiger partial charge in [0, 0.05) is 25.0 Å². The fraction of sp³-hybridized carbons (Fsp3) is 0.389. The number of nitrogens with zero attached hydrogens (tertiary/aromatic N) is 1. The summed E-state index contributed by atoms with van der Waals surface area (Å²) in [6.07, 6.45) is 3.99. The van der Waals surface area contributed by atoms with Crippen molar-refractivity contribution in [3.8, 4) is 0 Å². The van der Waals surface area contributed by atoms with Crippen LogP contribution in [-0.4, -0.2) is 16.1 Å². The minimum atomic E-state index is -0.494. The third-order valence-electron chi connectivity index (χ3n) is 3.98. The van der Waals surface area contributed by atoms with Gasteiger partial charge in [0.05, 0.1) is 6.10 Å². The highest BCUT2D eigenvalue weighted by Gasteiger charge is 2.19. The number of aryl methyl sites for hydroxylation is 2. The van der Waals surface area contributed by atoms with E-state index in [1.165, 1.54) is 11.1 Å². The monoisotopic (exact) mass is 284 g/mol. The van der Waals surface area contributed by atoms with Crippen LogP contribution >= 0.6 is 0 Å². The predicted octanol–water partition coefficient (Wildman–Crippen LogP) is 3.30. The molecule has 0 spiro atoms. The standard InChI is InChI=1S/C18H24N2O/c1-4-17(20-12-15-6-5-9-19-11-15)18(21)16-8-7-13(2)14(3)10-16/h5-11,17-18,20-21H,4,12H2,1-3H3. The molecule has 112 valence electrons. The van der Waals surface area contributed by atoms with Crippen LogP contribution in [0.5, 0.6) is 0 Å². The van der Waals surface area contributed by atoms with Crippen LogP contribution in [0.3, 0.4) is 0 Å². The largest absolute Gasteiger partial charge is 0.387 e. The summed E-state index contributed by atoms with van der Waals surface area (Å²) in [6, 6.07) is 10.2. The number of hydrogen-bond acceptors (Lipinski definition) is 3. The molecule has 3 nitrogen and oxygen atoms in total. The lowest BCUT2D eigenvalue weighted by molar-refractivity contribution is 0.125. The summed E-state index contributed by atoms with van der Waals surface area (Å²) in [5, 5.41) is 14.0. The topological polar surface area (TPSA) is 45.2 Å². The molecule has 2 N–H and O–H groups in total. The second-order valence-corrected chi connectivity index (χ2v) is 5.55. The molecule has 0 fully saturated rings. The van der Waals surface area contributed by atoms with Gasteiger partial charge in [-0.25, -0.2) is 0 Å². The number of benzene rings is 1. The molecule has 2 rings (SSSR count). The van der Waals surface area contributed by atoms with Crippen LogP contribution < -0.4 is 5.32 Å². The Hall–Kier alpha value is -1.71. The molecule has 1 aromatic carbocycles. The number of hydrogen-bond donors (Lipinski definition) is 2. The lowest BCUT2D eigenvalue weighted by Crippen LogP contribution is -2.34. The molecule has 0 radical (unpaired) electrons. The fourth-order valence-electron chi connectivity index (χ4n) is 2.41. The zero-order valence-electron chi connectivity index (χ0n) is 13.0. The smallest absolute Gasteiger partial charge is 0.0943 e. The highest BCUT2D eigenvalue weighted by molar-refractivity contribution is 5.31. The van der Waals surface area contributed by atoms with Gasteiger partial charge in [-0.05, 0) is 48.6 Å². The van der Waals surface area contributed by atoms with Gasteiger partial charge in [0.15, 0.2) is 0 Å². The maximum atomic E-state index is 10.6. The van der Waals surface area contributed by atoms with Crippen molar-refractivity contribution in [2.45, 2.75) is 45.9 Å². The molecule has 0 saturated heterocycles. The van der Waals surface area contributed by atoms with E-state index in [2.05, 4.69) is 43.2 Å². The molecular weight excluding hydrogens is 260 g/mol. The van der Waals surface area contributed by atoms with Crippen molar-refractivity contribution in [3.63, 3.8) is 0 Å². The lowest BCUT2D eigenvalue weighted by atomic mass is 9.97. The Labute approximate surface area is 127 Å². The first-order valence-corrected chi connectivity index (χ1v) is 7.49. The summed E-state index contributed by atoms with van der Waals surface area (Å²) < 4.78 is 0. The highest BCUT2D eigenvalue weighted by atomic mass is 16.3. The van der Waals surface area contributed by atoms with Crippen molar-refractivity contribution in [2.75, 3.05) is 0 Å². The number of aliphatic hydroxyl groups excluding tert-OH is 1. The average Bonchev–Trinajstić information content (AvgIpc) is 2.51. The van der Waals surface area contributed by atoms with Gasteiger partial charge in [0.2, 0.25) is 0 Å². The first-order chi connectivity index (χ1) is 10.1. The fourth-order valence-corrected chi connectivity index (χ4v) is 2.41. The van der Waals surface area contributed by atoms with Gasteiger partial charge in [-0.2, -0.15) is 0 Å². The van der Waals surface area contributed by atoms with Gasteiger partial charge < -0.3 is 10.4 Å². The average molecular weight is 284 g/mol. The third kappa shape index (κ3) is 4.13.